The molecule has 0 aliphatic heterocycles. The maximum Gasteiger partial charge on any atom is 0.287 e. The van der Waals surface area contributed by atoms with Crippen LogP contribution in [0.25, 0.3) is 11.0 Å². The van der Waals surface area contributed by atoms with Gasteiger partial charge in [-0.2, -0.15) is 0 Å². The molecule has 0 fully saturated rings. The van der Waals surface area contributed by atoms with Crippen LogP contribution >= 0.6 is 0 Å². The van der Waals surface area contributed by atoms with E-state index >= 15 is 0 Å². The maximum atomic E-state index is 12.3. The molecule has 2 rings (SSSR count). The molecule has 0 radical (unpaired) electrons. The van der Waals surface area contributed by atoms with E-state index in [4.69, 9.17) is 4.42 Å². The lowest BCUT2D eigenvalue weighted by Crippen LogP contribution is -2.37. The number of hydrogen-bond donors (Lipinski definition) is 2. The first kappa shape index (κ1) is 16.5. The van der Waals surface area contributed by atoms with Crippen molar-refractivity contribution in [3.8, 4) is 0 Å². The van der Waals surface area contributed by atoms with E-state index in [1.807, 2.05) is 51.9 Å². The number of furan rings is 1. The van der Waals surface area contributed by atoms with Crippen LogP contribution in [0.15, 0.2) is 16.5 Å². The average Bonchev–Trinajstić information content (AvgIpc) is 2.73. The highest BCUT2D eigenvalue weighted by molar-refractivity contribution is 5.99. The highest BCUT2D eigenvalue weighted by Gasteiger charge is 2.19. The van der Waals surface area contributed by atoms with E-state index in [0.717, 1.165) is 22.1 Å². The van der Waals surface area contributed by atoms with Crippen molar-refractivity contribution in [2.24, 2.45) is 0 Å². The van der Waals surface area contributed by atoms with Crippen molar-refractivity contribution in [1.29, 1.82) is 0 Å². The molecule has 5 heteroatoms. The number of hydrogen-bond acceptors (Lipinski definition) is 4. The molecule has 120 valence electrons. The molecule has 1 heterocycles. The normalized spacial score (nSPS) is 12.9. The molecule has 0 spiro atoms. The van der Waals surface area contributed by atoms with Gasteiger partial charge in [0.25, 0.3) is 5.91 Å². The Hall–Kier alpha value is -1.85. The van der Waals surface area contributed by atoms with E-state index < -0.39 is 6.10 Å². The number of carbonyl (C=O) groups excluding carboxylic acids is 1. The molecular formula is C17H24N2O3. The zero-order valence-corrected chi connectivity index (χ0v) is 13.9. The zero-order valence-electron chi connectivity index (χ0n) is 13.9. The molecule has 1 aromatic carbocycles. The number of carbonyl (C=O) groups is 1. The maximum absolute atomic E-state index is 12.3. The SMILES string of the molecule is Cc1cc2oc(C(=O)NCC(O)CN(C)C)c(C)c2cc1C. The van der Waals surface area contributed by atoms with Crippen LogP contribution in [0.4, 0.5) is 0 Å². The van der Waals surface area contributed by atoms with E-state index in [9.17, 15) is 9.90 Å². The minimum absolute atomic E-state index is 0.200. The minimum atomic E-state index is -0.604. The van der Waals surface area contributed by atoms with Gasteiger partial charge in [-0.25, -0.2) is 0 Å². The summed E-state index contributed by atoms with van der Waals surface area (Å²) in [7, 11) is 3.75. The van der Waals surface area contributed by atoms with Gasteiger partial charge in [-0.15, -0.1) is 0 Å². The summed E-state index contributed by atoms with van der Waals surface area (Å²) in [6.07, 6.45) is -0.604. The van der Waals surface area contributed by atoms with Crippen LogP contribution in [0.3, 0.4) is 0 Å². The van der Waals surface area contributed by atoms with E-state index in [1.54, 1.807) is 0 Å². The molecule has 0 saturated carbocycles. The lowest BCUT2D eigenvalue weighted by molar-refractivity contribution is 0.0867. The number of aryl methyl sites for hydroxylation is 3. The number of fused-ring (bicyclic) bond motifs is 1. The molecule has 1 amide bonds. The van der Waals surface area contributed by atoms with Gasteiger partial charge in [0.15, 0.2) is 5.76 Å². The molecule has 22 heavy (non-hydrogen) atoms. The van der Waals surface area contributed by atoms with Crippen LogP contribution < -0.4 is 5.32 Å². The molecular weight excluding hydrogens is 280 g/mol. The second-order valence-electron chi connectivity index (χ2n) is 6.11. The lowest BCUT2D eigenvalue weighted by atomic mass is 10.1. The van der Waals surface area contributed by atoms with Crippen molar-refractivity contribution in [2.45, 2.75) is 26.9 Å². The van der Waals surface area contributed by atoms with E-state index in [2.05, 4.69) is 5.32 Å². The number of amides is 1. The van der Waals surface area contributed by atoms with Crippen molar-refractivity contribution in [2.75, 3.05) is 27.2 Å². The van der Waals surface area contributed by atoms with Crippen LogP contribution in [0.2, 0.25) is 0 Å². The van der Waals surface area contributed by atoms with Gasteiger partial charge in [-0.1, -0.05) is 0 Å². The van der Waals surface area contributed by atoms with Crippen LogP contribution in [0.5, 0.6) is 0 Å². The summed E-state index contributed by atoms with van der Waals surface area (Å²) in [5.74, 6) is 0.0267. The van der Waals surface area contributed by atoms with Crippen LogP contribution in [0.1, 0.15) is 27.2 Å². The van der Waals surface area contributed by atoms with Gasteiger partial charge in [0.05, 0.1) is 6.10 Å². The van der Waals surface area contributed by atoms with Crippen molar-refractivity contribution < 1.29 is 14.3 Å². The summed E-state index contributed by atoms with van der Waals surface area (Å²) in [5.41, 5.74) is 3.86. The molecule has 1 atom stereocenters. The molecule has 0 aliphatic rings. The molecule has 1 aromatic heterocycles. The summed E-state index contributed by atoms with van der Waals surface area (Å²) in [5, 5.41) is 13.5. The fraction of sp³-hybridized carbons (Fsp3) is 0.471. The second-order valence-corrected chi connectivity index (χ2v) is 6.11. The predicted octanol–water partition coefficient (Wildman–Crippen LogP) is 2.01. The Morgan fingerprint density at radius 3 is 2.55 bits per heavy atom. The molecule has 0 aliphatic carbocycles. The summed E-state index contributed by atoms with van der Waals surface area (Å²) in [6, 6.07) is 4.00. The third-order valence-electron chi connectivity index (χ3n) is 3.83. The lowest BCUT2D eigenvalue weighted by Gasteiger charge is -2.16. The zero-order chi connectivity index (χ0) is 16.4. The summed E-state index contributed by atoms with van der Waals surface area (Å²) < 4.78 is 5.71. The molecule has 0 saturated heterocycles. The molecule has 2 aromatic rings. The van der Waals surface area contributed by atoms with Crippen molar-refractivity contribution in [3.05, 3.63) is 34.6 Å². The first-order chi connectivity index (χ1) is 10.3. The summed E-state index contributed by atoms with van der Waals surface area (Å²) in [4.78, 5) is 14.1. The quantitative estimate of drug-likeness (QED) is 0.887. The Labute approximate surface area is 130 Å². The van der Waals surface area contributed by atoms with Gasteiger partial charge in [0.1, 0.15) is 5.58 Å². The Morgan fingerprint density at radius 1 is 1.27 bits per heavy atom. The Balaban J connectivity index is 2.16. The highest BCUT2D eigenvalue weighted by atomic mass is 16.3. The first-order valence-electron chi connectivity index (χ1n) is 7.41. The Kier molecular flexibility index (Phi) is 4.88. The first-order valence-corrected chi connectivity index (χ1v) is 7.41. The highest BCUT2D eigenvalue weighted by Crippen LogP contribution is 2.27. The van der Waals surface area contributed by atoms with Crippen molar-refractivity contribution >= 4 is 16.9 Å². The fourth-order valence-electron chi connectivity index (χ4n) is 2.47. The third-order valence-corrected chi connectivity index (χ3v) is 3.83. The van der Waals surface area contributed by atoms with Crippen LogP contribution in [-0.2, 0) is 0 Å². The number of aliphatic hydroxyl groups is 1. The van der Waals surface area contributed by atoms with Gasteiger partial charge in [0.2, 0.25) is 0 Å². The summed E-state index contributed by atoms with van der Waals surface area (Å²) >= 11 is 0. The second kappa shape index (κ2) is 6.50. The number of rotatable bonds is 5. The number of aliphatic hydroxyl groups excluding tert-OH is 1. The van der Waals surface area contributed by atoms with Crippen molar-refractivity contribution in [3.63, 3.8) is 0 Å². The van der Waals surface area contributed by atoms with E-state index in [0.29, 0.717) is 12.3 Å². The summed E-state index contributed by atoms with van der Waals surface area (Å²) in [6.45, 7) is 6.64. The minimum Gasteiger partial charge on any atom is -0.451 e. The number of likely N-dealkylation sites (N-methyl/N-ethyl adjacent to an activating group) is 1. The van der Waals surface area contributed by atoms with E-state index in [1.165, 1.54) is 5.56 Å². The monoisotopic (exact) mass is 304 g/mol. The molecule has 1 unspecified atom stereocenters. The molecule has 5 nitrogen and oxygen atoms in total. The number of nitrogens with zero attached hydrogens (tertiary/aromatic N) is 1. The smallest absolute Gasteiger partial charge is 0.287 e. The average molecular weight is 304 g/mol. The number of nitrogens with one attached hydrogen (secondary N) is 1. The largest absolute Gasteiger partial charge is 0.451 e. The third kappa shape index (κ3) is 3.48. The Bertz CT molecular complexity index is 689. The van der Waals surface area contributed by atoms with Crippen LogP contribution in [0, 0.1) is 20.8 Å². The molecule has 2 N–H and O–H groups in total. The van der Waals surface area contributed by atoms with E-state index in [-0.39, 0.29) is 12.5 Å². The molecule has 0 bridgehead atoms. The van der Waals surface area contributed by atoms with Gasteiger partial charge < -0.3 is 19.7 Å². The standard InChI is InChI=1S/C17H24N2O3/c1-10-6-14-12(3)16(22-15(14)7-11(10)2)17(21)18-8-13(20)9-19(4)5/h6-7,13,20H,8-9H2,1-5H3,(H,18,21). The van der Waals surface area contributed by atoms with Gasteiger partial charge in [0, 0.05) is 24.0 Å². The topological polar surface area (TPSA) is 65.7 Å². The Morgan fingerprint density at radius 2 is 1.91 bits per heavy atom. The van der Waals surface area contributed by atoms with Gasteiger partial charge in [-0.3, -0.25) is 4.79 Å². The van der Waals surface area contributed by atoms with Gasteiger partial charge in [-0.05, 0) is 58.1 Å². The van der Waals surface area contributed by atoms with Crippen LogP contribution in [-0.4, -0.2) is 49.2 Å². The number of benzene rings is 1. The van der Waals surface area contributed by atoms with Gasteiger partial charge >= 0.3 is 0 Å². The predicted molar refractivity (Wildman–Crippen MR) is 87.3 cm³/mol. The fourth-order valence-corrected chi connectivity index (χ4v) is 2.47. The van der Waals surface area contributed by atoms with Crippen molar-refractivity contribution in [1.82, 2.24) is 10.2 Å².